The number of nitrogens with zero attached hydrogens (tertiary/aromatic N) is 1. The molecule has 1 aliphatic heterocycles. The molecule has 2 amide bonds. The molecule has 4 N–H and O–H groups in total. The Hall–Kier alpha value is -3.61. The smallest absolute Gasteiger partial charge is 0.409 e. The summed E-state index contributed by atoms with van der Waals surface area (Å²) in [6.45, 7) is 0. The highest BCUT2D eigenvalue weighted by atomic mass is 16.4. The summed E-state index contributed by atoms with van der Waals surface area (Å²) in [6, 6.07) is 13.9. The third kappa shape index (κ3) is 3.67. The van der Waals surface area contributed by atoms with Gasteiger partial charge in [-0.15, -0.1) is 0 Å². The first-order valence-corrected chi connectivity index (χ1v) is 8.65. The number of benzene rings is 2. The van der Waals surface area contributed by atoms with Gasteiger partial charge in [0.1, 0.15) is 0 Å². The monoisotopic (exact) mass is 362 g/mol. The van der Waals surface area contributed by atoms with Crippen LogP contribution in [0.1, 0.15) is 40.2 Å². The van der Waals surface area contributed by atoms with E-state index in [1.54, 1.807) is 12.3 Å². The molecule has 1 fully saturated rings. The van der Waals surface area contributed by atoms with E-state index in [-0.39, 0.29) is 5.91 Å². The van der Waals surface area contributed by atoms with E-state index < -0.39 is 6.09 Å². The molecule has 0 saturated heterocycles. The number of H-pyrrole nitrogens is 1. The lowest BCUT2D eigenvalue weighted by Gasteiger charge is -2.05. The van der Waals surface area contributed by atoms with E-state index in [1.807, 2.05) is 0 Å². The van der Waals surface area contributed by atoms with Crippen molar-refractivity contribution in [1.29, 1.82) is 0 Å². The largest absolute Gasteiger partial charge is 0.465 e. The fraction of sp³-hybridized carbons (Fsp3) is 0.150. The maximum absolute atomic E-state index is 11.8. The second kappa shape index (κ2) is 6.95. The highest BCUT2D eigenvalue weighted by molar-refractivity contribution is 6.15. The van der Waals surface area contributed by atoms with Gasteiger partial charge in [0.25, 0.3) is 5.91 Å². The summed E-state index contributed by atoms with van der Waals surface area (Å²) in [4.78, 5) is 25.4. The van der Waals surface area contributed by atoms with Crippen LogP contribution in [0.2, 0.25) is 0 Å². The minimum Gasteiger partial charge on any atom is -0.465 e. The number of amides is 2. The van der Waals surface area contributed by atoms with Crippen LogP contribution in [-0.4, -0.2) is 28.3 Å². The van der Waals surface area contributed by atoms with Gasteiger partial charge in [0.2, 0.25) is 0 Å². The van der Waals surface area contributed by atoms with Gasteiger partial charge in [-0.1, -0.05) is 30.3 Å². The number of hydrogen-bond acceptors (Lipinski definition) is 3. The highest BCUT2D eigenvalue weighted by Crippen LogP contribution is 2.39. The van der Waals surface area contributed by atoms with Crippen molar-refractivity contribution in [1.82, 2.24) is 10.4 Å². The molecule has 0 radical (unpaired) electrons. The van der Waals surface area contributed by atoms with Crippen LogP contribution in [0.3, 0.4) is 0 Å². The maximum Gasteiger partial charge on any atom is 0.409 e. The molecule has 2 aliphatic rings. The van der Waals surface area contributed by atoms with Gasteiger partial charge in [-0.05, 0) is 36.5 Å². The molecule has 1 aromatic heterocycles. The average Bonchev–Trinajstić information content (AvgIpc) is 3.45. The third-order valence-corrected chi connectivity index (χ3v) is 4.52. The van der Waals surface area contributed by atoms with Crippen molar-refractivity contribution in [2.24, 2.45) is 5.10 Å². The van der Waals surface area contributed by atoms with Crippen LogP contribution in [0.4, 0.5) is 10.5 Å². The van der Waals surface area contributed by atoms with Crippen molar-refractivity contribution in [2.45, 2.75) is 18.8 Å². The topological polar surface area (TPSA) is 107 Å². The van der Waals surface area contributed by atoms with Crippen molar-refractivity contribution in [3.63, 3.8) is 0 Å². The first-order chi connectivity index (χ1) is 13.1. The SMILES string of the molecule is O=C(O)Nc1cc2c3c(c[nH]c3c1)C=NNC2=O.c1ccc(C2CC2)cc1. The number of carboxylic acid groups (broad SMARTS) is 1. The van der Waals surface area contributed by atoms with Gasteiger partial charge >= 0.3 is 6.09 Å². The lowest BCUT2D eigenvalue weighted by molar-refractivity contribution is 0.0957. The zero-order valence-electron chi connectivity index (χ0n) is 14.4. The number of carbonyl (C=O) groups is 2. The second-order valence-electron chi connectivity index (χ2n) is 6.50. The number of aromatic amines is 1. The first-order valence-electron chi connectivity index (χ1n) is 8.65. The molecule has 7 heteroatoms. The molecule has 0 bridgehead atoms. The van der Waals surface area contributed by atoms with Crippen LogP contribution in [0, 0.1) is 0 Å². The minimum absolute atomic E-state index is 0.329. The molecule has 27 heavy (non-hydrogen) atoms. The summed E-state index contributed by atoms with van der Waals surface area (Å²) in [5.74, 6) is 0.537. The number of aromatic nitrogens is 1. The summed E-state index contributed by atoms with van der Waals surface area (Å²) in [7, 11) is 0. The number of hydrogen-bond donors (Lipinski definition) is 4. The molecule has 1 saturated carbocycles. The van der Waals surface area contributed by atoms with Crippen molar-refractivity contribution in [3.8, 4) is 0 Å². The summed E-state index contributed by atoms with van der Waals surface area (Å²) in [6.07, 6.45) is 4.88. The van der Waals surface area contributed by atoms with Crippen LogP contribution >= 0.6 is 0 Å². The molecule has 0 spiro atoms. The summed E-state index contributed by atoms with van der Waals surface area (Å²) >= 11 is 0. The Kier molecular flexibility index (Phi) is 4.33. The van der Waals surface area contributed by atoms with E-state index >= 15 is 0 Å². The molecule has 2 aromatic carbocycles. The van der Waals surface area contributed by atoms with Crippen LogP contribution in [-0.2, 0) is 0 Å². The Morgan fingerprint density at radius 2 is 1.96 bits per heavy atom. The standard InChI is InChI=1S/C11H8N4O3.C9H10/c16-10-7-1-6(14-11(17)18)2-8-9(7)5(3-12-8)4-13-15-10;1-2-4-8(5-3-1)9-6-7-9/h1-4,12,14H,(H,15,16)(H,17,18);1-5,9H,6-7H2. The Morgan fingerprint density at radius 1 is 1.19 bits per heavy atom. The lowest BCUT2D eigenvalue weighted by Crippen LogP contribution is -2.17. The molecule has 0 unspecified atom stereocenters. The number of hydrazone groups is 1. The van der Waals surface area contributed by atoms with E-state index in [4.69, 9.17) is 5.11 Å². The summed E-state index contributed by atoms with van der Waals surface area (Å²) in [5, 5.41) is 15.4. The van der Waals surface area contributed by atoms with Gasteiger partial charge in [0, 0.05) is 28.4 Å². The molecular formula is C20H18N4O3. The van der Waals surface area contributed by atoms with Crippen molar-refractivity contribution in [3.05, 3.63) is 65.4 Å². The molecule has 3 aromatic rings. The number of rotatable bonds is 2. The molecule has 2 heterocycles. The molecular weight excluding hydrogens is 344 g/mol. The van der Waals surface area contributed by atoms with E-state index in [2.05, 4.69) is 51.2 Å². The predicted octanol–water partition coefficient (Wildman–Crippen LogP) is 3.90. The number of carbonyl (C=O) groups excluding carboxylic acids is 1. The van der Waals surface area contributed by atoms with Crippen LogP contribution in [0.25, 0.3) is 10.9 Å². The second-order valence-corrected chi connectivity index (χ2v) is 6.50. The van der Waals surface area contributed by atoms with E-state index in [1.165, 1.54) is 30.7 Å². The first kappa shape index (κ1) is 16.8. The van der Waals surface area contributed by atoms with Crippen LogP contribution < -0.4 is 10.7 Å². The average molecular weight is 362 g/mol. The molecule has 1 aliphatic carbocycles. The van der Waals surface area contributed by atoms with Crippen LogP contribution in [0.15, 0.2) is 53.8 Å². The molecule has 7 nitrogen and oxygen atoms in total. The Labute approximate surface area is 155 Å². The van der Waals surface area contributed by atoms with Gasteiger partial charge in [-0.2, -0.15) is 5.10 Å². The van der Waals surface area contributed by atoms with Gasteiger partial charge in [-0.25, -0.2) is 10.2 Å². The quantitative estimate of drug-likeness (QED) is 0.555. The Balaban J connectivity index is 0.000000167. The molecule has 136 valence electrons. The zero-order chi connectivity index (χ0) is 18.8. The zero-order valence-corrected chi connectivity index (χ0v) is 14.4. The Bertz CT molecular complexity index is 1040. The number of nitrogens with one attached hydrogen (secondary N) is 3. The van der Waals surface area contributed by atoms with Crippen LogP contribution in [0.5, 0.6) is 0 Å². The van der Waals surface area contributed by atoms with Gasteiger partial charge < -0.3 is 10.1 Å². The summed E-state index contributed by atoms with van der Waals surface area (Å²) < 4.78 is 0. The molecule has 0 atom stereocenters. The van der Waals surface area contributed by atoms with Crippen molar-refractivity contribution >= 4 is 34.8 Å². The maximum atomic E-state index is 11.8. The van der Waals surface area contributed by atoms with E-state index in [0.717, 1.165) is 16.9 Å². The van der Waals surface area contributed by atoms with Gasteiger partial charge in [-0.3, -0.25) is 10.1 Å². The third-order valence-electron chi connectivity index (χ3n) is 4.52. The van der Waals surface area contributed by atoms with Gasteiger partial charge in [0.15, 0.2) is 0 Å². The summed E-state index contributed by atoms with van der Waals surface area (Å²) in [5.41, 5.74) is 6.05. The molecule has 5 rings (SSSR count). The number of anilines is 1. The highest BCUT2D eigenvalue weighted by Gasteiger charge is 2.22. The van der Waals surface area contributed by atoms with E-state index in [9.17, 15) is 9.59 Å². The lowest BCUT2D eigenvalue weighted by atomic mass is 10.1. The van der Waals surface area contributed by atoms with Crippen molar-refractivity contribution < 1.29 is 14.7 Å². The van der Waals surface area contributed by atoms with E-state index in [0.29, 0.717) is 16.8 Å². The fourth-order valence-electron chi connectivity index (χ4n) is 3.13. The Morgan fingerprint density at radius 3 is 2.67 bits per heavy atom. The minimum atomic E-state index is -1.18. The van der Waals surface area contributed by atoms with Gasteiger partial charge in [0.05, 0.1) is 11.8 Å². The van der Waals surface area contributed by atoms with Crippen molar-refractivity contribution in [2.75, 3.05) is 5.32 Å². The fourth-order valence-corrected chi connectivity index (χ4v) is 3.13. The predicted molar refractivity (Wildman–Crippen MR) is 103 cm³/mol. The normalized spacial score (nSPS) is 14.7.